The van der Waals surface area contributed by atoms with Gasteiger partial charge in [-0.3, -0.25) is 14.3 Å². The third-order valence-corrected chi connectivity index (χ3v) is 7.11. The summed E-state index contributed by atoms with van der Waals surface area (Å²) in [5.74, 6) is 5.65. The third kappa shape index (κ3) is 3.95. The summed E-state index contributed by atoms with van der Waals surface area (Å²) in [7, 11) is 1.44. The van der Waals surface area contributed by atoms with Gasteiger partial charge < -0.3 is 20.3 Å². The molecule has 1 aliphatic heterocycles. The molecule has 2 heterocycles. The van der Waals surface area contributed by atoms with Gasteiger partial charge in [0.15, 0.2) is 11.6 Å². The Balaban J connectivity index is 1.76. The Labute approximate surface area is 191 Å². The van der Waals surface area contributed by atoms with Crippen LogP contribution in [0, 0.1) is 18.3 Å². The first-order chi connectivity index (χ1) is 15.8. The topological polar surface area (TPSA) is 90.1 Å². The molecule has 0 bridgehead atoms. The summed E-state index contributed by atoms with van der Waals surface area (Å²) >= 11 is 0. The van der Waals surface area contributed by atoms with Crippen molar-refractivity contribution in [1.82, 2.24) is 14.1 Å². The van der Waals surface area contributed by atoms with Gasteiger partial charge >= 0.3 is 5.69 Å². The largest absolute Gasteiger partial charge is 0.492 e. The van der Waals surface area contributed by atoms with Gasteiger partial charge in [-0.25, -0.2) is 15.8 Å². The molecule has 1 saturated carbocycles. The van der Waals surface area contributed by atoms with E-state index >= 15 is 4.39 Å². The van der Waals surface area contributed by atoms with E-state index in [0.717, 1.165) is 25.8 Å². The van der Waals surface area contributed by atoms with Crippen LogP contribution in [0.3, 0.4) is 0 Å². The van der Waals surface area contributed by atoms with Crippen molar-refractivity contribution in [3.63, 3.8) is 0 Å². The van der Waals surface area contributed by atoms with Crippen LogP contribution in [-0.4, -0.2) is 60.0 Å². The van der Waals surface area contributed by atoms with Gasteiger partial charge in [0.05, 0.1) is 19.0 Å². The first-order valence-electron chi connectivity index (χ1n) is 11.5. The molecule has 1 aliphatic carbocycles. The molecule has 0 amide bonds. The third-order valence-electron chi connectivity index (χ3n) is 7.11. The fraction of sp³-hybridized carbons (Fsp3) is 0.609. The molecule has 1 aromatic heterocycles. The molecule has 4 rings (SSSR count). The average Bonchev–Trinajstić information content (AvgIpc) is 3.53. The van der Waals surface area contributed by atoms with Crippen molar-refractivity contribution in [2.75, 3.05) is 50.6 Å². The first kappa shape index (κ1) is 23.1. The smallest absolute Gasteiger partial charge is 0.350 e. The van der Waals surface area contributed by atoms with E-state index in [9.17, 15) is 9.59 Å². The Morgan fingerprint density at radius 2 is 2.09 bits per heavy atom. The first-order valence-corrected chi connectivity index (χ1v) is 11.5. The monoisotopic (exact) mass is 458 g/mol. The van der Waals surface area contributed by atoms with Gasteiger partial charge in [-0.05, 0) is 44.7 Å². The van der Waals surface area contributed by atoms with Gasteiger partial charge in [0.2, 0.25) is 6.54 Å². The van der Waals surface area contributed by atoms with Crippen LogP contribution in [0.5, 0.6) is 5.75 Å². The van der Waals surface area contributed by atoms with Crippen LogP contribution in [0.15, 0.2) is 15.7 Å². The number of methoxy groups -OCH3 is 1. The van der Waals surface area contributed by atoms with Crippen LogP contribution in [0.4, 0.5) is 10.1 Å². The number of benzene rings is 1. The van der Waals surface area contributed by atoms with Gasteiger partial charge in [0.1, 0.15) is 11.2 Å². The number of likely N-dealkylation sites (N-methyl/N-ethyl adjacent to an activating group) is 1. The minimum absolute atomic E-state index is 0.0440. The van der Waals surface area contributed by atoms with Crippen molar-refractivity contribution in [3.8, 4) is 5.75 Å². The SMILES string of the molecule is [C-]#[N+]CCN(CC)C(C)C1CCN(c2c(F)cc3c(=O)n(N)c(=O)n(C4CC4)c3c2OC)C1. The van der Waals surface area contributed by atoms with E-state index in [0.29, 0.717) is 36.4 Å². The summed E-state index contributed by atoms with van der Waals surface area (Å²) in [6.45, 7) is 14.6. The highest BCUT2D eigenvalue weighted by molar-refractivity contribution is 5.91. The summed E-state index contributed by atoms with van der Waals surface area (Å²) in [5, 5.41) is 0.0440. The highest BCUT2D eigenvalue weighted by Gasteiger charge is 2.36. The molecule has 2 fully saturated rings. The van der Waals surface area contributed by atoms with Crippen LogP contribution in [0.2, 0.25) is 0 Å². The van der Waals surface area contributed by atoms with Gasteiger partial charge in [0.25, 0.3) is 5.56 Å². The summed E-state index contributed by atoms with van der Waals surface area (Å²) in [6, 6.07) is 1.35. The number of fused-ring (bicyclic) bond motifs is 1. The van der Waals surface area contributed by atoms with Crippen molar-refractivity contribution in [2.45, 2.75) is 45.2 Å². The maximum absolute atomic E-state index is 15.5. The summed E-state index contributed by atoms with van der Waals surface area (Å²) < 4.78 is 23.2. The number of ether oxygens (including phenoxy) is 1. The zero-order valence-corrected chi connectivity index (χ0v) is 19.4. The van der Waals surface area contributed by atoms with E-state index in [4.69, 9.17) is 17.2 Å². The molecule has 1 saturated heterocycles. The number of nitrogen functional groups attached to an aromatic ring is 1. The van der Waals surface area contributed by atoms with Crippen molar-refractivity contribution in [3.05, 3.63) is 44.1 Å². The van der Waals surface area contributed by atoms with Crippen LogP contribution in [0.25, 0.3) is 15.7 Å². The summed E-state index contributed by atoms with van der Waals surface area (Å²) in [4.78, 5) is 33.2. The number of nitrogens with zero attached hydrogens (tertiary/aromatic N) is 5. The molecule has 2 unspecified atom stereocenters. The molecule has 2 aliphatic rings. The minimum atomic E-state index is -0.734. The van der Waals surface area contributed by atoms with Crippen LogP contribution in [0.1, 0.15) is 39.2 Å². The van der Waals surface area contributed by atoms with Gasteiger partial charge in [-0.1, -0.05) is 6.92 Å². The number of rotatable bonds is 8. The molecular formula is C23H31FN6O3. The number of hydrogen-bond donors (Lipinski definition) is 1. The fourth-order valence-electron chi connectivity index (χ4n) is 5.11. The Kier molecular flexibility index (Phi) is 6.34. The second kappa shape index (κ2) is 9.06. The summed E-state index contributed by atoms with van der Waals surface area (Å²) in [5.41, 5.74) is -0.747. The van der Waals surface area contributed by atoms with Crippen molar-refractivity contribution in [2.24, 2.45) is 5.92 Å². The second-order valence-electron chi connectivity index (χ2n) is 8.94. The number of hydrogen-bond acceptors (Lipinski definition) is 6. The highest BCUT2D eigenvalue weighted by Crippen LogP contribution is 2.43. The minimum Gasteiger partial charge on any atom is -0.492 e. The number of aromatic nitrogens is 2. The molecule has 33 heavy (non-hydrogen) atoms. The fourth-order valence-corrected chi connectivity index (χ4v) is 5.11. The standard InChI is InChI=1S/C23H31FN6O3/c1-5-27(11-9-26-3)14(2)15-8-10-28(13-15)20-18(24)12-17-19(21(20)33-4)29(16-6-7-16)23(32)30(25)22(17)31/h12,14-16H,5-11,13,25H2,1-2,4H3. The quantitative estimate of drug-likeness (QED) is 0.479. The molecule has 2 atom stereocenters. The van der Waals surface area contributed by atoms with Gasteiger partial charge in [0, 0.05) is 25.2 Å². The van der Waals surface area contributed by atoms with Gasteiger partial charge in [-0.15, -0.1) is 0 Å². The van der Waals surface area contributed by atoms with Crippen molar-refractivity contribution < 1.29 is 9.13 Å². The zero-order valence-electron chi connectivity index (χ0n) is 19.4. The lowest BCUT2D eigenvalue weighted by Crippen LogP contribution is -2.44. The number of halogens is 1. The van der Waals surface area contributed by atoms with Crippen LogP contribution >= 0.6 is 0 Å². The Morgan fingerprint density at radius 1 is 1.36 bits per heavy atom. The lowest BCUT2D eigenvalue weighted by molar-refractivity contribution is 0.177. The highest BCUT2D eigenvalue weighted by atomic mass is 19.1. The van der Waals surface area contributed by atoms with Gasteiger partial charge in [-0.2, -0.15) is 4.68 Å². The van der Waals surface area contributed by atoms with Crippen molar-refractivity contribution in [1.29, 1.82) is 0 Å². The molecule has 2 aromatic rings. The van der Waals surface area contributed by atoms with E-state index in [1.165, 1.54) is 17.7 Å². The Morgan fingerprint density at radius 3 is 2.70 bits per heavy atom. The predicted octanol–water partition coefficient (Wildman–Crippen LogP) is 1.82. The molecule has 178 valence electrons. The van der Waals surface area contributed by atoms with Crippen LogP contribution in [-0.2, 0) is 0 Å². The second-order valence-corrected chi connectivity index (χ2v) is 8.94. The molecule has 9 nitrogen and oxygen atoms in total. The van der Waals surface area contributed by atoms with Crippen molar-refractivity contribution >= 4 is 16.6 Å². The average molecular weight is 459 g/mol. The van der Waals surface area contributed by atoms with E-state index in [1.54, 1.807) is 0 Å². The molecule has 2 N–H and O–H groups in total. The Hall–Kier alpha value is -3.06. The van der Waals surface area contributed by atoms with E-state index < -0.39 is 17.1 Å². The number of anilines is 1. The molecular weight excluding hydrogens is 427 g/mol. The molecule has 0 radical (unpaired) electrons. The van der Waals surface area contributed by atoms with E-state index in [2.05, 4.69) is 23.6 Å². The lowest BCUT2D eigenvalue weighted by Gasteiger charge is -2.31. The normalized spacial score (nSPS) is 19.3. The van der Waals surface area contributed by atoms with Crippen LogP contribution < -0.4 is 26.7 Å². The predicted molar refractivity (Wildman–Crippen MR) is 126 cm³/mol. The zero-order chi connectivity index (χ0) is 23.9. The van der Waals surface area contributed by atoms with E-state index in [-0.39, 0.29) is 34.8 Å². The molecule has 0 spiro atoms. The molecule has 1 aromatic carbocycles. The lowest BCUT2D eigenvalue weighted by atomic mass is 9.99. The summed E-state index contributed by atoms with van der Waals surface area (Å²) in [6.07, 6.45) is 2.46. The van der Waals surface area contributed by atoms with E-state index in [1.807, 2.05) is 4.90 Å². The number of nitrogens with two attached hydrogens (primary N) is 1. The molecule has 10 heteroatoms. The maximum Gasteiger partial charge on any atom is 0.350 e. The Bertz CT molecular complexity index is 1210. The maximum atomic E-state index is 15.5.